The predicted molar refractivity (Wildman–Crippen MR) is 104 cm³/mol. The molecule has 170 valence electrons. The Morgan fingerprint density at radius 2 is 2.09 bits per heavy atom. The molecular weight excluding hydrogens is 431 g/mol. The fraction of sp³-hybridized carbons (Fsp3) is 0.381. The highest BCUT2D eigenvalue weighted by molar-refractivity contribution is 5.97. The maximum Gasteiger partial charge on any atom is 0.573 e. The molecule has 1 aliphatic rings. The van der Waals surface area contributed by atoms with Crippen molar-refractivity contribution in [1.82, 2.24) is 9.88 Å². The van der Waals surface area contributed by atoms with Crippen LogP contribution < -0.4 is 14.2 Å². The summed E-state index contributed by atoms with van der Waals surface area (Å²) in [6, 6.07) is 8.44. The lowest BCUT2D eigenvalue weighted by atomic mass is 9.92. The maximum absolute atomic E-state index is 13.0. The molecule has 32 heavy (non-hydrogen) atoms. The van der Waals surface area contributed by atoms with E-state index in [1.54, 1.807) is 0 Å². The van der Waals surface area contributed by atoms with Crippen LogP contribution in [0.2, 0.25) is 0 Å². The minimum atomic E-state index is -4.95. The van der Waals surface area contributed by atoms with Gasteiger partial charge >= 0.3 is 6.36 Å². The summed E-state index contributed by atoms with van der Waals surface area (Å²) < 4.78 is 53.4. The van der Waals surface area contributed by atoms with E-state index in [9.17, 15) is 28.3 Å². The number of para-hydroxylation sites is 1. The van der Waals surface area contributed by atoms with Crippen molar-refractivity contribution in [3.63, 3.8) is 0 Å². The van der Waals surface area contributed by atoms with Crippen LogP contribution in [0.5, 0.6) is 17.4 Å². The van der Waals surface area contributed by atoms with E-state index in [1.807, 2.05) is 6.07 Å². The molecule has 2 aromatic rings. The van der Waals surface area contributed by atoms with E-state index in [1.165, 1.54) is 42.5 Å². The van der Waals surface area contributed by atoms with E-state index in [-0.39, 0.29) is 35.8 Å². The van der Waals surface area contributed by atoms with Gasteiger partial charge < -0.3 is 24.2 Å². The normalized spacial score (nSPS) is 18.6. The molecule has 0 bridgehead atoms. The molecule has 1 aromatic heterocycles. The third-order valence-corrected chi connectivity index (χ3v) is 4.97. The number of likely N-dealkylation sites (tertiary alicyclic amines) is 1. The summed E-state index contributed by atoms with van der Waals surface area (Å²) in [6.07, 6.45) is -2.85. The van der Waals surface area contributed by atoms with Crippen LogP contribution in [0, 0.1) is 11.3 Å². The molecule has 3 rings (SSSR count). The number of nitrogens with zero attached hydrogens (tertiary/aromatic N) is 3. The first-order valence-corrected chi connectivity index (χ1v) is 9.59. The predicted octanol–water partition coefficient (Wildman–Crippen LogP) is 2.91. The highest BCUT2D eigenvalue weighted by Gasteiger charge is 2.41. The Balaban J connectivity index is 1.87. The van der Waals surface area contributed by atoms with Gasteiger partial charge in [-0.3, -0.25) is 4.79 Å². The Kier molecular flexibility index (Phi) is 6.74. The Morgan fingerprint density at radius 1 is 1.34 bits per heavy atom. The van der Waals surface area contributed by atoms with Gasteiger partial charge in [0.2, 0.25) is 0 Å². The standard InChI is InChI=1S/C21H20F3N3O5/c1-30-17-14(11-25)7-9-26-18(17)32-20(13-28)8-4-10-27(12-20)19(29)15-5-2-3-6-16(15)31-21(22,23)24/h2-3,5-7,9,28H,4,8,10,12-13H2,1H3/t20-/m1/s1. The SMILES string of the molecule is COc1c(C#N)ccnc1O[C@]1(CO)CCCN(C(=O)c2ccccc2OC(F)(F)F)C1. The number of rotatable bonds is 6. The largest absolute Gasteiger partial charge is 0.573 e. The van der Waals surface area contributed by atoms with Gasteiger partial charge in [0.25, 0.3) is 11.8 Å². The van der Waals surface area contributed by atoms with E-state index in [0.29, 0.717) is 12.8 Å². The molecule has 0 spiro atoms. The van der Waals surface area contributed by atoms with Gasteiger partial charge in [-0.15, -0.1) is 13.2 Å². The van der Waals surface area contributed by atoms with E-state index in [0.717, 1.165) is 6.07 Å². The van der Waals surface area contributed by atoms with Crippen LogP contribution >= 0.6 is 0 Å². The molecule has 1 aliphatic heterocycles. The van der Waals surface area contributed by atoms with Gasteiger partial charge in [-0.25, -0.2) is 4.98 Å². The third-order valence-electron chi connectivity index (χ3n) is 4.97. The number of hydrogen-bond acceptors (Lipinski definition) is 7. The van der Waals surface area contributed by atoms with Crippen LogP contribution in [0.25, 0.3) is 0 Å². The van der Waals surface area contributed by atoms with Gasteiger partial charge in [0.1, 0.15) is 17.4 Å². The molecule has 1 aromatic carbocycles. The average Bonchev–Trinajstić information content (AvgIpc) is 2.78. The monoisotopic (exact) mass is 451 g/mol. The van der Waals surface area contributed by atoms with Crippen molar-refractivity contribution in [2.24, 2.45) is 0 Å². The van der Waals surface area contributed by atoms with Crippen molar-refractivity contribution in [2.45, 2.75) is 24.8 Å². The van der Waals surface area contributed by atoms with E-state index >= 15 is 0 Å². The molecule has 0 saturated carbocycles. The molecule has 0 unspecified atom stereocenters. The van der Waals surface area contributed by atoms with E-state index < -0.39 is 30.2 Å². The summed E-state index contributed by atoms with van der Waals surface area (Å²) in [5.41, 5.74) is -1.38. The number of methoxy groups -OCH3 is 1. The molecule has 1 fully saturated rings. The van der Waals surface area contributed by atoms with Gasteiger partial charge in [0.15, 0.2) is 11.4 Å². The van der Waals surface area contributed by atoms with E-state index in [2.05, 4.69) is 9.72 Å². The van der Waals surface area contributed by atoms with Crippen LogP contribution in [0.1, 0.15) is 28.8 Å². The van der Waals surface area contributed by atoms with Gasteiger partial charge in [0, 0.05) is 12.7 Å². The first-order valence-electron chi connectivity index (χ1n) is 9.59. The van der Waals surface area contributed by atoms with Gasteiger partial charge in [0.05, 0.1) is 25.8 Å². The number of carbonyl (C=O) groups excluding carboxylic acids is 1. The lowest BCUT2D eigenvalue weighted by molar-refractivity contribution is -0.274. The minimum Gasteiger partial charge on any atom is -0.490 e. The number of hydrogen-bond donors (Lipinski definition) is 1. The summed E-state index contributed by atoms with van der Waals surface area (Å²) >= 11 is 0. The maximum atomic E-state index is 13.0. The number of piperidine rings is 1. The van der Waals surface area contributed by atoms with Crippen molar-refractivity contribution < 1.29 is 37.3 Å². The molecule has 2 heterocycles. The number of amides is 1. The van der Waals surface area contributed by atoms with Crippen LogP contribution in [0.4, 0.5) is 13.2 Å². The number of ether oxygens (including phenoxy) is 3. The fourth-order valence-electron chi connectivity index (χ4n) is 3.54. The topological polar surface area (TPSA) is 105 Å². The average molecular weight is 451 g/mol. The zero-order chi connectivity index (χ0) is 23.4. The number of benzene rings is 1. The molecule has 11 heteroatoms. The Morgan fingerprint density at radius 3 is 2.75 bits per heavy atom. The van der Waals surface area contributed by atoms with Crippen LogP contribution in [0.15, 0.2) is 36.5 Å². The second-order valence-corrected chi connectivity index (χ2v) is 7.13. The number of halogens is 3. The molecule has 0 radical (unpaired) electrons. The van der Waals surface area contributed by atoms with Crippen LogP contribution in [0.3, 0.4) is 0 Å². The van der Waals surface area contributed by atoms with Gasteiger partial charge in [-0.2, -0.15) is 5.26 Å². The quantitative estimate of drug-likeness (QED) is 0.720. The number of aromatic nitrogens is 1. The molecule has 8 nitrogen and oxygen atoms in total. The van der Waals surface area contributed by atoms with Crippen molar-refractivity contribution in [2.75, 3.05) is 26.8 Å². The Bertz CT molecular complexity index is 1020. The van der Waals surface area contributed by atoms with Crippen molar-refractivity contribution in [1.29, 1.82) is 5.26 Å². The summed E-state index contributed by atoms with van der Waals surface area (Å²) in [7, 11) is 1.34. The van der Waals surface area contributed by atoms with Gasteiger partial charge in [-0.05, 0) is 31.0 Å². The molecule has 1 saturated heterocycles. The highest BCUT2D eigenvalue weighted by atomic mass is 19.4. The van der Waals surface area contributed by atoms with Crippen molar-refractivity contribution >= 4 is 5.91 Å². The first-order chi connectivity index (χ1) is 15.2. The highest BCUT2D eigenvalue weighted by Crippen LogP contribution is 2.35. The van der Waals surface area contributed by atoms with Crippen molar-refractivity contribution in [3.05, 3.63) is 47.7 Å². The zero-order valence-electron chi connectivity index (χ0n) is 17.1. The molecule has 1 N–H and O–H groups in total. The van der Waals surface area contributed by atoms with Crippen LogP contribution in [-0.2, 0) is 0 Å². The number of aliphatic hydroxyl groups excluding tert-OH is 1. The number of pyridine rings is 1. The summed E-state index contributed by atoms with van der Waals surface area (Å²) in [4.78, 5) is 18.4. The molecule has 1 amide bonds. The summed E-state index contributed by atoms with van der Waals surface area (Å²) in [6.45, 7) is -0.378. The first kappa shape index (κ1) is 23.1. The number of aliphatic hydroxyl groups is 1. The number of nitriles is 1. The van der Waals surface area contributed by atoms with Crippen LogP contribution in [-0.4, -0.2) is 59.7 Å². The molecular formula is C21H20F3N3O5. The second-order valence-electron chi connectivity index (χ2n) is 7.13. The third kappa shape index (κ3) is 5.03. The smallest absolute Gasteiger partial charge is 0.490 e. The lowest BCUT2D eigenvalue weighted by Gasteiger charge is -2.41. The van der Waals surface area contributed by atoms with E-state index in [4.69, 9.17) is 9.47 Å². The van der Waals surface area contributed by atoms with Gasteiger partial charge in [-0.1, -0.05) is 12.1 Å². The minimum absolute atomic E-state index is 0.0318. The molecule has 1 atom stereocenters. The fourth-order valence-corrected chi connectivity index (χ4v) is 3.54. The Labute approximate surface area is 181 Å². The number of carbonyl (C=O) groups is 1. The lowest BCUT2D eigenvalue weighted by Crippen LogP contribution is -2.56. The Hall–Kier alpha value is -3.52. The van der Waals surface area contributed by atoms with Crippen molar-refractivity contribution in [3.8, 4) is 23.4 Å². The molecule has 0 aliphatic carbocycles. The number of alkyl halides is 3. The summed E-state index contributed by atoms with van der Waals surface area (Å²) in [5, 5.41) is 19.3. The second kappa shape index (κ2) is 9.32. The summed E-state index contributed by atoms with van der Waals surface area (Å²) in [5.74, 6) is -1.27. The zero-order valence-corrected chi connectivity index (χ0v) is 17.1.